The van der Waals surface area contributed by atoms with Gasteiger partial charge in [0.25, 0.3) is 0 Å². The van der Waals surface area contributed by atoms with Crippen LogP contribution < -0.4 is 19.5 Å². The van der Waals surface area contributed by atoms with E-state index in [2.05, 4.69) is 10.3 Å². The van der Waals surface area contributed by atoms with Crippen LogP contribution in [0.3, 0.4) is 0 Å². The molecule has 0 radical (unpaired) electrons. The van der Waals surface area contributed by atoms with Gasteiger partial charge in [0, 0.05) is 30.6 Å². The summed E-state index contributed by atoms with van der Waals surface area (Å²) in [5.41, 5.74) is 1.12. The highest BCUT2D eigenvalue weighted by molar-refractivity contribution is 5.91. The Morgan fingerprint density at radius 1 is 0.923 bits per heavy atom. The number of aromatic nitrogens is 1. The second kappa shape index (κ2) is 7.43. The van der Waals surface area contributed by atoms with Crippen molar-refractivity contribution in [2.45, 2.75) is 6.54 Å². The molecule has 0 unspecified atom stereocenters. The van der Waals surface area contributed by atoms with Crippen molar-refractivity contribution in [3.05, 3.63) is 53.7 Å². The van der Waals surface area contributed by atoms with Gasteiger partial charge in [-0.2, -0.15) is 0 Å². The van der Waals surface area contributed by atoms with Crippen LogP contribution in [0, 0.1) is 11.6 Å². The molecule has 1 N–H and O–H groups in total. The lowest BCUT2D eigenvalue weighted by Gasteiger charge is -2.17. The number of methoxy groups -OCH3 is 3. The first kappa shape index (κ1) is 17.7. The van der Waals surface area contributed by atoms with Crippen molar-refractivity contribution in [1.82, 2.24) is 4.98 Å². The number of halogens is 2. The number of pyridine rings is 1. The fourth-order valence-corrected chi connectivity index (χ4v) is 2.78. The summed E-state index contributed by atoms with van der Waals surface area (Å²) in [6.45, 7) is 0.269. The zero-order chi connectivity index (χ0) is 18.7. The van der Waals surface area contributed by atoms with Crippen molar-refractivity contribution in [3.8, 4) is 17.2 Å². The van der Waals surface area contributed by atoms with Crippen molar-refractivity contribution < 1.29 is 23.0 Å². The topological polar surface area (TPSA) is 52.6 Å². The first-order valence-corrected chi connectivity index (χ1v) is 7.84. The Kier molecular flexibility index (Phi) is 5.06. The Hall–Kier alpha value is -3.09. The van der Waals surface area contributed by atoms with Gasteiger partial charge in [0.05, 0.1) is 32.3 Å². The summed E-state index contributed by atoms with van der Waals surface area (Å²) in [7, 11) is 4.62. The number of anilines is 1. The van der Waals surface area contributed by atoms with E-state index in [9.17, 15) is 8.78 Å². The predicted molar refractivity (Wildman–Crippen MR) is 95.1 cm³/mol. The van der Waals surface area contributed by atoms with E-state index in [0.29, 0.717) is 22.9 Å². The van der Waals surface area contributed by atoms with Gasteiger partial charge in [0.2, 0.25) is 0 Å². The second-order valence-corrected chi connectivity index (χ2v) is 5.48. The molecule has 0 aliphatic carbocycles. The lowest BCUT2D eigenvalue weighted by Crippen LogP contribution is -2.06. The molecule has 0 bridgehead atoms. The molecule has 7 heteroatoms. The molecule has 26 heavy (non-hydrogen) atoms. The zero-order valence-electron chi connectivity index (χ0n) is 14.6. The van der Waals surface area contributed by atoms with E-state index >= 15 is 0 Å². The number of nitrogens with one attached hydrogen (secondary N) is 1. The van der Waals surface area contributed by atoms with E-state index < -0.39 is 11.6 Å². The number of ether oxygens (including phenoxy) is 3. The maximum absolute atomic E-state index is 14.2. The third-order valence-corrected chi connectivity index (χ3v) is 4.06. The summed E-state index contributed by atoms with van der Waals surface area (Å²) in [6.07, 6.45) is 1.43. The molecular formula is C19H18F2N2O3. The molecule has 3 rings (SSSR count). The Bertz CT molecular complexity index is 922. The van der Waals surface area contributed by atoms with Gasteiger partial charge >= 0.3 is 0 Å². The fourth-order valence-electron chi connectivity index (χ4n) is 2.78. The van der Waals surface area contributed by atoms with Crippen molar-refractivity contribution >= 4 is 16.6 Å². The summed E-state index contributed by atoms with van der Waals surface area (Å²) >= 11 is 0. The molecule has 1 aromatic heterocycles. The van der Waals surface area contributed by atoms with E-state index in [1.807, 2.05) is 0 Å². The Labute approximate surface area is 149 Å². The molecule has 1 heterocycles. The van der Waals surface area contributed by atoms with Crippen molar-refractivity contribution in [3.63, 3.8) is 0 Å². The third kappa shape index (κ3) is 3.20. The van der Waals surface area contributed by atoms with E-state index in [1.54, 1.807) is 25.3 Å². The summed E-state index contributed by atoms with van der Waals surface area (Å²) in [6, 6.07) is 7.19. The highest BCUT2D eigenvalue weighted by Crippen LogP contribution is 2.35. The van der Waals surface area contributed by atoms with E-state index in [4.69, 9.17) is 14.2 Å². The molecule has 0 atom stereocenters. The summed E-state index contributed by atoms with van der Waals surface area (Å²) < 4.78 is 44.2. The fraction of sp³-hybridized carbons (Fsp3) is 0.211. The minimum Gasteiger partial charge on any atom is -0.496 e. The number of benzene rings is 2. The van der Waals surface area contributed by atoms with Gasteiger partial charge in [-0.25, -0.2) is 8.78 Å². The molecular weight excluding hydrogens is 342 g/mol. The highest BCUT2D eigenvalue weighted by Gasteiger charge is 2.15. The van der Waals surface area contributed by atoms with Crippen molar-refractivity contribution in [1.29, 1.82) is 0 Å². The van der Waals surface area contributed by atoms with E-state index in [1.165, 1.54) is 20.4 Å². The van der Waals surface area contributed by atoms with Crippen LogP contribution in [-0.4, -0.2) is 26.3 Å². The van der Waals surface area contributed by atoms with Gasteiger partial charge in [-0.1, -0.05) is 0 Å². The van der Waals surface area contributed by atoms with Gasteiger partial charge in [-0.3, -0.25) is 4.98 Å². The summed E-state index contributed by atoms with van der Waals surface area (Å²) in [4.78, 5) is 3.93. The highest BCUT2D eigenvalue weighted by atomic mass is 19.1. The largest absolute Gasteiger partial charge is 0.496 e. The lowest BCUT2D eigenvalue weighted by atomic mass is 10.1. The van der Waals surface area contributed by atoms with E-state index in [0.717, 1.165) is 17.7 Å². The number of fused-ring (bicyclic) bond motifs is 1. The zero-order valence-corrected chi connectivity index (χ0v) is 14.6. The van der Waals surface area contributed by atoms with Crippen LogP contribution in [0.4, 0.5) is 14.5 Å². The van der Waals surface area contributed by atoms with Crippen LogP contribution in [0.2, 0.25) is 0 Å². The van der Waals surface area contributed by atoms with Gasteiger partial charge < -0.3 is 19.5 Å². The van der Waals surface area contributed by atoms with Crippen LogP contribution in [0.25, 0.3) is 10.9 Å². The van der Waals surface area contributed by atoms with Crippen LogP contribution in [0.1, 0.15) is 5.56 Å². The lowest BCUT2D eigenvalue weighted by molar-refractivity contribution is 0.369. The minimum atomic E-state index is -0.579. The predicted octanol–water partition coefficient (Wildman–Crippen LogP) is 4.15. The third-order valence-electron chi connectivity index (χ3n) is 4.06. The average molecular weight is 360 g/mol. The van der Waals surface area contributed by atoms with Crippen molar-refractivity contribution in [2.75, 3.05) is 26.6 Å². The molecule has 2 aromatic carbocycles. The molecule has 0 spiro atoms. The van der Waals surface area contributed by atoms with Crippen molar-refractivity contribution in [2.24, 2.45) is 0 Å². The quantitative estimate of drug-likeness (QED) is 0.716. The number of hydrogen-bond donors (Lipinski definition) is 1. The maximum Gasteiger partial charge on any atom is 0.149 e. The van der Waals surface area contributed by atoms with Gasteiger partial charge in [0.1, 0.15) is 34.4 Å². The molecule has 136 valence electrons. The molecule has 5 nitrogen and oxygen atoms in total. The Balaban J connectivity index is 2.00. The first-order chi connectivity index (χ1) is 12.6. The minimum absolute atomic E-state index is 0.0244. The standard InChI is InChI=1S/C19H18F2N2O3/c1-24-11-8-16(25-2)12(17(9-11)26-3)10-23-15-6-7-22-19-14(21)5-4-13(20)18(15)19/h4-9H,10H2,1-3H3,(H,22,23). The maximum atomic E-state index is 14.2. The SMILES string of the molecule is COc1cc(OC)c(CNc2ccnc3c(F)ccc(F)c23)c(OC)c1. The van der Waals surface area contributed by atoms with Crippen LogP contribution >= 0.6 is 0 Å². The molecule has 0 saturated heterocycles. The number of nitrogens with zero attached hydrogens (tertiary/aromatic N) is 1. The van der Waals surface area contributed by atoms with Crippen LogP contribution in [0.5, 0.6) is 17.2 Å². The molecule has 0 aliphatic heterocycles. The second-order valence-electron chi connectivity index (χ2n) is 5.48. The average Bonchev–Trinajstić information content (AvgIpc) is 2.68. The number of rotatable bonds is 6. The molecule has 0 amide bonds. The molecule has 0 saturated carbocycles. The van der Waals surface area contributed by atoms with Gasteiger partial charge in [-0.15, -0.1) is 0 Å². The molecule has 0 aliphatic rings. The Morgan fingerprint density at radius 3 is 2.19 bits per heavy atom. The Morgan fingerprint density at radius 2 is 1.58 bits per heavy atom. The number of hydrogen-bond acceptors (Lipinski definition) is 5. The normalized spacial score (nSPS) is 10.7. The van der Waals surface area contributed by atoms with Gasteiger partial charge in [0.15, 0.2) is 0 Å². The summed E-state index contributed by atoms with van der Waals surface area (Å²) in [5.74, 6) is 0.567. The monoisotopic (exact) mass is 360 g/mol. The van der Waals surface area contributed by atoms with Gasteiger partial charge in [-0.05, 0) is 18.2 Å². The molecule has 3 aromatic rings. The smallest absolute Gasteiger partial charge is 0.149 e. The first-order valence-electron chi connectivity index (χ1n) is 7.84. The van der Waals surface area contributed by atoms with Crippen LogP contribution in [0.15, 0.2) is 36.5 Å². The van der Waals surface area contributed by atoms with Crippen LogP contribution in [-0.2, 0) is 6.54 Å². The van der Waals surface area contributed by atoms with E-state index in [-0.39, 0.29) is 17.4 Å². The summed E-state index contributed by atoms with van der Waals surface area (Å²) in [5, 5.41) is 3.21. The molecule has 0 fully saturated rings.